The van der Waals surface area contributed by atoms with Crippen molar-refractivity contribution in [1.29, 1.82) is 0 Å². The van der Waals surface area contributed by atoms with Crippen molar-refractivity contribution in [3.05, 3.63) is 5.92 Å². The van der Waals surface area contributed by atoms with E-state index in [-0.39, 0.29) is 12.3 Å². The third kappa shape index (κ3) is 0.924. The molecule has 0 spiro atoms. The highest BCUT2D eigenvalue weighted by molar-refractivity contribution is 5.00. The molecule has 1 rings (SSSR count). The minimum absolute atomic E-state index is 0.00463. The minimum atomic E-state index is 0.00463. The van der Waals surface area contributed by atoms with E-state index in [9.17, 15) is 0 Å². The molecule has 1 aliphatic rings. The standard InChI is InChI=1S/C5H10NO/c1-3(2)4-5(6)7-4/h4-5H,6H2,1-2H3/q-1. The molecule has 0 radical (unpaired) electrons. The van der Waals surface area contributed by atoms with Crippen molar-refractivity contribution in [2.24, 2.45) is 5.73 Å². The van der Waals surface area contributed by atoms with Gasteiger partial charge < -0.3 is 10.5 Å². The van der Waals surface area contributed by atoms with Gasteiger partial charge in [0.1, 0.15) is 6.23 Å². The lowest BCUT2D eigenvalue weighted by Crippen LogP contribution is -2.08. The second-order valence-corrected chi connectivity index (χ2v) is 2.10. The average molecular weight is 100 g/mol. The van der Waals surface area contributed by atoms with Crippen LogP contribution in [0.4, 0.5) is 0 Å². The van der Waals surface area contributed by atoms with Crippen LogP contribution in [0.3, 0.4) is 0 Å². The summed E-state index contributed by atoms with van der Waals surface area (Å²) in [6.45, 7) is 4.05. The number of epoxide rings is 1. The second-order valence-electron chi connectivity index (χ2n) is 2.10. The monoisotopic (exact) mass is 100 g/mol. The molecule has 1 aliphatic heterocycles. The minimum Gasteiger partial charge on any atom is -0.388 e. The van der Waals surface area contributed by atoms with E-state index >= 15 is 0 Å². The topological polar surface area (TPSA) is 38.5 Å². The molecule has 2 nitrogen and oxygen atoms in total. The second kappa shape index (κ2) is 1.46. The summed E-state index contributed by atoms with van der Waals surface area (Å²) in [5.41, 5.74) is 5.32. The van der Waals surface area contributed by atoms with Gasteiger partial charge in [0.25, 0.3) is 0 Å². The SMILES string of the molecule is C[C-](C)C1OC1N. The van der Waals surface area contributed by atoms with Crippen molar-refractivity contribution in [2.75, 3.05) is 0 Å². The van der Waals surface area contributed by atoms with Gasteiger partial charge in [-0.2, -0.15) is 13.8 Å². The zero-order valence-corrected chi connectivity index (χ0v) is 4.64. The summed E-state index contributed by atoms with van der Waals surface area (Å²) in [6.07, 6.45) is 0.269. The van der Waals surface area contributed by atoms with E-state index in [0.717, 1.165) is 0 Å². The van der Waals surface area contributed by atoms with Crippen molar-refractivity contribution in [2.45, 2.75) is 26.2 Å². The highest BCUT2D eigenvalue weighted by Crippen LogP contribution is 2.25. The maximum absolute atomic E-state index is 5.32. The van der Waals surface area contributed by atoms with E-state index in [1.54, 1.807) is 0 Å². The summed E-state index contributed by atoms with van der Waals surface area (Å²) in [6, 6.07) is 0. The average Bonchev–Trinajstić information content (AvgIpc) is 2.17. The Morgan fingerprint density at radius 2 is 2.00 bits per heavy atom. The first-order valence-electron chi connectivity index (χ1n) is 2.43. The van der Waals surface area contributed by atoms with Crippen molar-refractivity contribution in [1.82, 2.24) is 0 Å². The summed E-state index contributed by atoms with van der Waals surface area (Å²) in [7, 11) is 0. The largest absolute Gasteiger partial charge is 0.388 e. The third-order valence-corrected chi connectivity index (χ3v) is 1.09. The van der Waals surface area contributed by atoms with Gasteiger partial charge in [-0.15, -0.1) is 0 Å². The Hall–Kier alpha value is -0.0800. The van der Waals surface area contributed by atoms with Crippen LogP contribution in [-0.4, -0.2) is 12.3 Å². The van der Waals surface area contributed by atoms with Gasteiger partial charge in [-0.05, 0) is 6.10 Å². The summed E-state index contributed by atoms with van der Waals surface area (Å²) in [5.74, 6) is 1.27. The molecule has 1 fully saturated rings. The molecule has 2 N–H and O–H groups in total. The fourth-order valence-electron chi connectivity index (χ4n) is 0.589. The van der Waals surface area contributed by atoms with Crippen LogP contribution >= 0.6 is 0 Å². The van der Waals surface area contributed by atoms with Crippen LogP contribution in [0, 0.1) is 5.92 Å². The van der Waals surface area contributed by atoms with Gasteiger partial charge in [-0.1, -0.05) is 0 Å². The molecule has 0 aromatic carbocycles. The van der Waals surface area contributed by atoms with Crippen LogP contribution in [-0.2, 0) is 4.74 Å². The van der Waals surface area contributed by atoms with Crippen LogP contribution in [0.2, 0.25) is 0 Å². The lowest BCUT2D eigenvalue weighted by Gasteiger charge is -2.09. The molecule has 1 saturated heterocycles. The first-order chi connectivity index (χ1) is 3.22. The van der Waals surface area contributed by atoms with Gasteiger partial charge in [-0.3, -0.25) is 5.92 Å². The zero-order chi connectivity index (χ0) is 5.44. The summed E-state index contributed by atoms with van der Waals surface area (Å²) >= 11 is 0. The molecule has 7 heavy (non-hydrogen) atoms. The molecule has 2 heteroatoms. The highest BCUT2D eigenvalue weighted by atomic mass is 16.6. The molecule has 0 saturated carbocycles. The van der Waals surface area contributed by atoms with Gasteiger partial charge in [0.05, 0.1) is 0 Å². The van der Waals surface area contributed by atoms with E-state index in [4.69, 9.17) is 10.5 Å². The van der Waals surface area contributed by atoms with Crippen molar-refractivity contribution >= 4 is 0 Å². The molecule has 42 valence electrons. The predicted octanol–water partition coefficient (Wildman–Crippen LogP) is 0.284. The summed E-state index contributed by atoms with van der Waals surface area (Å²) in [4.78, 5) is 0. The number of ether oxygens (including phenoxy) is 1. The number of nitrogens with two attached hydrogens (primary N) is 1. The van der Waals surface area contributed by atoms with Crippen molar-refractivity contribution < 1.29 is 4.74 Å². The molecule has 0 aromatic heterocycles. The summed E-state index contributed by atoms with van der Waals surface area (Å²) in [5, 5.41) is 0. The molecule has 1 heterocycles. The Labute approximate surface area is 43.6 Å². The molecule has 0 aliphatic carbocycles. The zero-order valence-electron chi connectivity index (χ0n) is 4.64. The van der Waals surface area contributed by atoms with E-state index < -0.39 is 0 Å². The van der Waals surface area contributed by atoms with Gasteiger partial charge in [0, 0.05) is 0 Å². The van der Waals surface area contributed by atoms with Gasteiger partial charge >= 0.3 is 0 Å². The lowest BCUT2D eigenvalue weighted by molar-refractivity contribution is 0.378. The fourth-order valence-corrected chi connectivity index (χ4v) is 0.589. The van der Waals surface area contributed by atoms with Crippen LogP contribution in [0.25, 0.3) is 0 Å². The van der Waals surface area contributed by atoms with Crippen molar-refractivity contribution in [3.8, 4) is 0 Å². The van der Waals surface area contributed by atoms with Gasteiger partial charge in [-0.25, -0.2) is 0 Å². The van der Waals surface area contributed by atoms with E-state index in [1.165, 1.54) is 5.92 Å². The Morgan fingerprint density at radius 1 is 1.57 bits per heavy atom. The molecular formula is C5H10NO-. The smallest absolute Gasteiger partial charge is 0.101 e. The number of hydrogen-bond donors (Lipinski definition) is 1. The van der Waals surface area contributed by atoms with Gasteiger partial charge in [0.15, 0.2) is 0 Å². The molecule has 0 aromatic rings. The van der Waals surface area contributed by atoms with Gasteiger partial charge in [0.2, 0.25) is 0 Å². The van der Waals surface area contributed by atoms with E-state index in [2.05, 4.69) is 0 Å². The maximum Gasteiger partial charge on any atom is 0.101 e. The van der Waals surface area contributed by atoms with E-state index in [1.807, 2.05) is 13.8 Å². The fraction of sp³-hybridized carbons (Fsp3) is 0.800. The third-order valence-electron chi connectivity index (χ3n) is 1.09. The van der Waals surface area contributed by atoms with Crippen LogP contribution < -0.4 is 5.73 Å². The molecule has 0 amide bonds. The van der Waals surface area contributed by atoms with Crippen LogP contribution in [0.5, 0.6) is 0 Å². The maximum atomic E-state index is 5.32. The molecule has 2 atom stereocenters. The molecule has 2 unspecified atom stereocenters. The Bertz CT molecular complexity index is 72.5. The number of rotatable bonds is 1. The normalized spacial score (nSPS) is 39.4. The van der Waals surface area contributed by atoms with Crippen LogP contribution in [0.1, 0.15) is 13.8 Å². The lowest BCUT2D eigenvalue weighted by atomic mass is 10.1. The molecule has 0 bridgehead atoms. The Balaban J connectivity index is 2.20. The van der Waals surface area contributed by atoms with E-state index in [0.29, 0.717) is 0 Å². The Morgan fingerprint density at radius 3 is 2.00 bits per heavy atom. The highest BCUT2D eigenvalue weighted by Gasteiger charge is 2.27. The van der Waals surface area contributed by atoms with Crippen molar-refractivity contribution in [3.63, 3.8) is 0 Å². The quantitative estimate of drug-likeness (QED) is 0.380. The number of hydrogen-bond acceptors (Lipinski definition) is 2. The first kappa shape index (κ1) is 5.06. The summed E-state index contributed by atoms with van der Waals surface area (Å²) < 4.78 is 4.92. The Kier molecular flexibility index (Phi) is 1.05. The van der Waals surface area contributed by atoms with Crippen LogP contribution in [0.15, 0.2) is 0 Å². The first-order valence-corrected chi connectivity index (χ1v) is 2.43. The molecular weight excluding hydrogens is 90.1 g/mol. The predicted molar refractivity (Wildman–Crippen MR) is 27.4 cm³/mol.